The van der Waals surface area contributed by atoms with Gasteiger partial charge in [-0.2, -0.15) is 0 Å². The minimum Gasteiger partial charge on any atom is -0.494 e. The van der Waals surface area contributed by atoms with Gasteiger partial charge >= 0.3 is 0 Å². The molecule has 0 saturated carbocycles. The minimum atomic E-state index is -0.125. The lowest BCUT2D eigenvalue weighted by atomic mass is 10.1. The molecule has 0 aliphatic carbocycles. The van der Waals surface area contributed by atoms with E-state index in [9.17, 15) is 4.79 Å². The minimum absolute atomic E-state index is 0.125. The molecule has 30 heavy (non-hydrogen) atoms. The van der Waals surface area contributed by atoms with E-state index in [1.807, 2.05) is 42.5 Å². The van der Waals surface area contributed by atoms with Crippen LogP contribution in [-0.4, -0.2) is 23.0 Å². The first kappa shape index (κ1) is 18.0. The number of anilines is 3. The third-order valence-electron chi connectivity index (χ3n) is 5.09. The summed E-state index contributed by atoms with van der Waals surface area (Å²) in [6.45, 7) is 1.48. The molecule has 0 fully saturated rings. The Morgan fingerprint density at radius 3 is 2.70 bits per heavy atom. The zero-order valence-corrected chi connectivity index (χ0v) is 16.6. The van der Waals surface area contributed by atoms with Gasteiger partial charge in [-0.15, -0.1) is 0 Å². The maximum Gasteiger partial charge on any atom is 0.221 e. The van der Waals surface area contributed by atoms with Crippen LogP contribution in [-0.2, 0) is 4.79 Å². The second kappa shape index (κ2) is 7.08. The normalized spacial score (nSPS) is 11.1. The van der Waals surface area contributed by atoms with E-state index in [-0.39, 0.29) is 5.91 Å². The number of rotatable bonds is 4. The predicted molar refractivity (Wildman–Crippen MR) is 121 cm³/mol. The predicted octanol–water partition coefficient (Wildman–Crippen LogP) is 5.53. The van der Waals surface area contributed by atoms with E-state index in [2.05, 4.69) is 33.8 Å². The molecule has 0 spiro atoms. The highest BCUT2D eigenvalue weighted by Crippen LogP contribution is 2.39. The SMILES string of the molecule is COc1cc(NC(C)=O)ccc1Nc1cccc2nc3cc4ccccc4[nH]c-3c12. The number of nitrogens with one attached hydrogen (secondary N) is 3. The summed E-state index contributed by atoms with van der Waals surface area (Å²) in [7, 11) is 1.61. The lowest BCUT2D eigenvalue weighted by Crippen LogP contribution is -2.06. The molecule has 5 rings (SSSR count). The molecule has 2 aliphatic heterocycles. The Hall–Kier alpha value is -4.06. The second-order valence-corrected chi connectivity index (χ2v) is 7.15. The van der Waals surface area contributed by atoms with Crippen LogP contribution in [0, 0.1) is 0 Å². The van der Waals surface area contributed by atoms with Crippen molar-refractivity contribution in [1.29, 1.82) is 0 Å². The largest absolute Gasteiger partial charge is 0.494 e. The Labute approximate surface area is 173 Å². The molecule has 148 valence electrons. The molecule has 2 aliphatic rings. The highest BCUT2D eigenvalue weighted by molar-refractivity contribution is 6.07. The first-order valence-corrected chi connectivity index (χ1v) is 9.65. The molecule has 0 aromatic heterocycles. The fourth-order valence-electron chi connectivity index (χ4n) is 3.78. The highest BCUT2D eigenvalue weighted by Gasteiger charge is 2.17. The number of hydrogen-bond acceptors (Lipinski definition) is 4. The fraction of sp³-hybridized carbons (Fsp3) is 0.0833. The van der Waals surface area contributed by atoms with Crippen molar-refractivity contribution in [2.45, 2.75) is 6.92 Å². The number of para-hydroxylation sites is 1. The van der Waals surface area contributed by atoms with Crippen molar-refractivity contribution in [1.82, 2.24) is 9.97 Å². The lowest BCUT2D eigenvalue weighted by molar-refractivity contribution is -0.114. The standard InChI is InChI=1S/C24H20N4O2/c1-14(29)25-16-10-11-18(22(13-16)30-2)26-19-8-5-9-20-23(19)24-21(27-20)12-15-6-3-4-7-17(15)28-24/h3-13,26,28H,1-2H3,(H,25,29). The van der Waals surface area contributed by atoms with Crippen LogP contribution in [0.15, 0.2) is 66.7 Å². The summed E-state index contributed by atoms with van der Waals surface area (Å²) in [5, 5.41) is 8.39. The Morgan fingerprint density at radius 1 is 1.00 bits per heavy atom. The Morgan fingerprint density at radius 2 is 1.87 bits per heavy atom. The summed E-state index contributed by atoms with van der Waals surface area (Å²) < 4.78 is 5.54. The van der Waals surface area contributed by atoms with Crippen LogP contribution in [0.2, 0.25) is 0 Å². The van der Waals surface area contributed by atoms with E-state index in [1.54, 1.807) is 13.2 Å². The number of ether oxygens (including phenoxy) is 1. The molecule has 3 aromatic rings. The molecular weight excluding hydrogens is 376 g/mol. The maximum atomic E-state index is 11.3. The summed E-state index contributed by atoms with van der Waals surface area (Å²) in [6.07, 6.45) is 0. The van der Waals surface area contributed by atoms with E-state index < -0.39 is 0 Å². The molecule has 1 amide bonds. The zero-order valence-electron chi connectivity index (χ0n) is 16.6. The molecule has 6 heteroatoms. The monoisotopic (exact) mass is 396 g/mol. The van der Waals surface area contributed by atoms with Crippen LogP contribution >= 0.6 is 0 Å². The van der Waals surface area contributed by atoms with Gasteiger partial charge < -0.3 is 20.4 Å². The molecule has 6 nitrogen and oxygen atoms in total. The molecule has 0 bridgehead atoms. The number of amides is 1. The topological polar surface area (TPSA) is 79.0 Å². The number of H-pyrrole nitrogens is 1. The number of hydrogen-bond donors (Lipinski definition) is 3. The van der Waals surface area contributed by atoms with Gasteiger partial charge in [0.25, 0.3) is 0 Å². The van der Waals surface area contributed by atoms with E-state index in [4.69, 9.17) is 9.72 Å². The summed E-state index contributed by atoms with van der Waals surface area (Å²) in [5.74, 6) is 0.510. The van der Waals surface area contributed by atoms with E-state index in [0.29, 0.717) is 11.4 Å². The second-order valence-electron chi connectivity index (χ2n) is 7.15. The molecule has 0 radical (unpaired) electrons. The molecule has 3 aromatic carbocycles. The molecular formula is C24H20N4O2. The van der Waals surface area contributed by atoms with Crippen LogP contribution in [0.3, 0.4) is 0 Å². The maximum absolute atomic E-state index is 11.3. The van der Waals surface area contributed by atoms with Crippen molar-refractivity contribution in [2.75, 3.05) is 17.7 Å². The fourth-order valence-corrected chi connectivity index (χ4v) is 3.78. The smallest absolute Gasteiger partial charge is 0.221 e. The van der Waals surface area contributed by atoms with Gasteiger partial charge in [0, 0.05) is 35.0 Å². The first-order valence-electron chi connectivity index (χ1n) is 9.65. The first-order chi connectivity index (χ1) is 14.6. The summed E-state index contributed by atoms with van der Waals surface area (Å²) in [4.78, 5) is 19.7. The Kier molecular flexibility index (Phi) is 4.25. The van der Waals surface area contributed by atoms with Crippen molar-refractivity contribution in [2.24, 2.45) is 0 Å². The number of benzene rings is 3. The van der Waals surface area contributed by atoms with E-state index >= 15 is 0 Å². The number of methoxy groups -OCH3 is 1. The van der Waals surface area contributed by atoms with Crippen molar-refractivity contribution in [3.8, 4) is 17.1 Å². The van der Waals surface area contributed by atoms with Gasteiger partial charge in [0.1, 0.15) is 5.75 Å². The van der Waals surface area contributed by atoms with Crippen molar-refractivity contribution < 1.29 is 9.53 Å². The van der Waals surface area contributed by atoms with Gasteiger partial charge in [-0.25, -0.2) is 4.98 Å². The third-order valence-corrected chi connectivity index (χ3v) is 5.09. The van der Waals surface area contributed by atoms with Gasteiger partial charge in [-0.1, -0.05) is 24.3 Å². The zero-order chi connectivity index (χ0) is 20.7. The van der Waals surface area contributed by atoms with Crippen molar-refractivity contribution in [3.63, 3.8) is 0 Å². The van der Waals surface area contributed by atoms with Gasteiger partial charge in [0.2, 0.25) is 5.91 Å². The van der Waals surface area contributed by atoms with Crippen LogP contribution in [0.25, 0.3) is 33.2 Å². The summed E-state index contributed by atoms with van der Waals surface area (Å²) in [6, 6.07) is 21.8. The van der Waals surface area contributed by atoms with Gasteiger partial charge in [-0.05, 0) is 36.4 Å². The number of nitrogens with zero attached hydrogens (tertiary/aromatic N) is 1. The van der Waals surface area contributed by atoms with Crippen LogP contribution in [0.4, 0.5) is 17.1 Å². The quantitative estimate of drug-likeness (QED) is 0.373. The molecule has 0 saturated heterocycles. The van der Waals surface area contributed by atoms with Gasteiger partial charge in [0.05, 0.1) is 35.4 Å². The van der Waals surface area contributed by atoms with Crippen LogP contribution < -0.4 is 15.4 Å². The average molecular weight is 396 g/mol. The molecule has 3 N–H and O–H groups in total. The van der Waals surface area contributed by atoms with Gasteiger partial charge in [-0.3, -0.25) is 4.79 Å². The third kappa shape index (κ3) is 3.08. The number of fused-ring (bicyclic) bond motifs is 4. The van der Waals surface area contributed by atoms with Gasteiger partial charge in [0.15, 0.2) is 0 Å². The molecule has 2 heterocycles. The number of carbonyl (C=O) groups excluding carboxylic acids is 1. The summed E-state index contributed by atoms with van der Waals surface area (Å²) >= 11 is 0. The number of aromatic nitrogens is 2. The Bertz CT molecular complexity index is 1370. The van der Waals surface area contributed by atoms with Crippen molar-refractivity contribution >= 4 is 44.8 Å². The van der Waals surface area contributed by atoms with Crippen molar-refractivity contribution in [3.05, 3.63) is 66.7 Å². The number of pyridine rings is 1. The molecule has 0 atom stereocenters. The highest BCUT2D eigenvalue weighted by atomic mass is 16.5. The Balaban J connectivity index is 1.63. The van der Waals surface area contributed by atoms with Crippen LogP contribution in [0.5, 0.6) is 5.75 Å². The lowest BCUT2D eigenvalue weighted by Gasteiger charge is -2.14. The number of aromatic amines is 1. The van der Waals surface area contributed by atoms with E-state index in [1.165, 1.54) is 6.92 Å². The van der Waals surface area contributed by atoms with Crippen LogP contribution in [0.1, 0.15) is 6.92 Å². The van der Waals surface area contributed by atoms with E-state index in [0.717, 1.165) is 44.6 Å². The number of carbonyl (C=O) groups is 1. The average Bonchev–Trinajstić information content (AvgIpc) is 3.11. The molecule has 0 unspecified atom stereocenters. The summed E-state index contributed by atoms with van der Waals surface area (Å²) in [5.41, 5.74) is 6.29.